The van der Waals surface area contributed by atoms with E-state index in [4.69, 9.17) is 4.98 Å². The van der Waals surface area contributed by atoms with Gasteiger partial charge in [0.25, 0.3) is 0 Å². The van der Waals surface area contributed by atoms with Crippen LogP contribution in [0.4, 0.5) is 0 Å². The van der Waals surface area contributed by atoms with Crippen molar-refractivity contribution in [2.24, 2.45) is 11.8 Å². The molecule has 1 N–H and O–H groups in total. The lowest BCUT2D eigenvalue weighted by Crippen LogP contribution is -2.30. The molecular weight excluding hydrogens is 434 g/mol. The van der Waals surface area contributed by atoms with Gasteiger partial charge in [-0.05, 0) is 72.0 Å². The SMILES string of the molecule is O=C(C1CC1)N1CC[C@H](Cn2c(-c3ccc(-c4ccc5[nH]ccc5c4)cc3)nc3ncccc32)C1. The van der Waals surface area contributed by atoms with Crippen LogP contribution < -0.4 is 0 Å². The number of rotatable bonds is 5. The highest BCUT2D eigenvalue weighted by Crippen LogP contribution is 2.34. The van der Waals surface area contributed by atoms with Crippen molar-refractivity contribution in [2.75, 3.05) is 13.1 Å². The largest absolute Gasteiger partial charge is 0.361 e. The van der Waals surface area contributed by atoms with Crippen molar-refractivity contribution in [2.45, 2.75) is 25.8 Å². The van der Waals surface area contributed by atoms with E-state index in [0.29, 0.717) is 17.7 Å². The minimum atomic E-state index is 0.291. The average Bonchev–Trinajstić information content (AvgIpc) is 3.30. The van der Waals surface area contributed by atoms with Gasteiger partial charge in [0.1, 0.15) is 5.82 Å². The van der Waals surface area contributed by atoms with E-state index in [1.807, 2.05) is 12.3 Å². The number of carbonyl (C=O) groups excluding carboxylic acids is 1. The van der Waals surface area contributed by atoms with Crippen molar-refractivity contribution in [3.05, 3.63) is 73.1 Å². The minimum Gasteiger partial charge on any atom is -0.361 e. The number of nitrogens with zero attached hydrogens (tertiary/aromatic N) is 4. The summed E-state index contributed by atoms with van der Waals surface area (Å²) in [5.74, 6) is 2.03. The van der Waals surface area contributed by atoms with Crippen LogP contribution in [0.5, 0.6) is 0 Å². The molecule has 2 aliphatic rings. The molecule has 5 aromatic rings. The molecule has 35 heavy (non-hydrogen) atoms. The molecule has 6 nitrogen and oxygen atoms in total. The number of fused-ring (bicyclic) bond motifs is 2. The zero-order valence-electron chi connectivity index (χ0n) is 19.5. The Labute approximate surface area is 203 Å². The molecule has 6 heteroatoms. The van der Waals surface area contributed by atoms with E-state index in [1.165, 1.54) is 16.5 Å². The summed E-state index contributed by atoms with van der Waals surface area (Å²) in [6.45, 7) is 2.56. The van der Waals surface area contributed by atoms with Crippen LogP contribution >= 0.6 is 0 Å². The van der Waals surface area contributed by atoms with Gasteiger partial charge in [-0.25, -0.2) is 9.97 Å². The van der Waals surface area contributed by atoms with Crippen molar-refractivity contribution in [1.29, 1.82) is 0 Å². The average molecular weight is 462 g/mol. The quantitative estimate of drug-likeness (QED) is 0.376. The highest BCUT2D eigenvalue weighted by Gasteiger charge is 2.36. The van der Waals surface area contributed by atoms with E-state index in [-0.39, 0.29) is 0 Å². The zero-order valence-corrected chi connectivity index (χ0v) is 19.5. The van der Waals surface area contributed by atoms with Gasteiger partial charge >= 0.3 is 0 Å². The van der Waals surface area contributed by atoms with Crippen LogP contribution in [-0.4, -0.2) is 43.4 Å². The van der Waals surface area contributed by atoms with E-state index in [9.17, 15) is 4.79 Å². The fourth-order valence-corrected chi connectivity index (χ4v) is 5.44. The third-order valence-electron chi connectivity index (χ3n) is 7.52. The number of carbonyl (C=O) groups is 1. The van der Waals surface area contributed by atoms with Crippen molar-refractivity contribution in [3.63, 3.8) is 0 Å². The van der Waals surface area contributed by atoms with Gasteiger partial charge in [0.2, 0.25) is 5.91 Å². The Morgan fingerprint density at radius 2 is 1.80 bits per heavy atom. The third-order valence-corrected chi connectivity index (χ3v) is 7.52. The number of aromatic nitrogens is 4. The molecule has 1 aliphatic heterocycles. The van der Waals surface area contributed by atoms with Gasteiger partial charge in [0.15, 0.2) is 5.65 Å². The molecule has 174 valence electrons. The first-order valence-electron chi connectivity index (χ1n) is 12.5. The van der Waals surface area contributed by atoms with E-state index < -0.39 is 0 Å². The predicted molar refractivity (Wildman–Crippen MR) is 138 cm³/mol. The molecule has 0 bridgehead atoms. The Bertz CT molecular complexity index is 1540. The predicted octanol–water partition coefficient (Wildman–Crippen LogP) is 5.51. The summed E-state index contributed by atoms with van der Waals surface area (Å²) in [7, 11) is 0. The van der Waals surface area contributed by atoms with Gasteiger partial charge in [0, 0.05) is 49.0 Å². The molecule has 3 aromatic heterocycles. The van der Waals surface area contributed by atoms with E-state index >= 15 is 0 Å². The summed E-state index contributed by atoms with van der Waals surface area (Å²) in [5, 5.41) is 1.21. The number of H-pyrrole nitrogens is 1. The van der Waals surface area contributed by atoms with Crippen LogP contribution in [-0.2, 0) is 11.3 Å². The van der Waals surface area contributed by atoms with Crippen LogP contribution in [0.15, 0.2) is 73.1 Å². The van der Waals surface area contributed by atoms with Crippen LogP contribution in [0.2, 0.25) is 0 Å². The van der Waals surface area contributed by atoms with Crippen LogP contribution in [0.3, 0.4) is 0 Å². The van der Waals surface area contributed by atoms with Crippen LogP contribution in [0.25, 0.3) is 44.6 Å². The normalized spacial score (nSPS) is 18.1. The first kappa shape index (κ1) is 20.4. The lowest BCUT2D eigenvalue weighted by Gasteiger charge is -2.17. The lowest BCUT2D eigenvalue weighted by molar-refractivity contribution is -0.131. The number of imidazole rings is 1. The van der Waals surface area contributed by atoms with Crippen molar-refractivity contribution >= 4 is 28.0 Å². The fraction of sp³-hybridized carbons (Fsp3) is 0.276. The Morgan fingerprint density at radius 3 is 2.66 bits per heavy atom. The van der Waals surface area contributed by atoms with Crippen LogP contribution in [0.1, 0.15) is 19.3 Å². The summed E-state index contributed by atoms with van der Waals surface area (Å²) in [6, 6.07) is 21.3. The second-order valence-corrected chi connectivity index (χ2v) is 9.96. The molecule has 4 heterocycles. The van der Waals surface area contributed by atoms with Gasteiger partial charge in [-0.2, -0.15) is 0 Å². The summed E-state index contributed by atoms with van der Waals surface area (Å²) in [4.78, 5) is 27.3. The Hall–Kier alpha value is -3.93. The number of likely N-dealkylation sites (tertiary alicyclic amines) is 1. The lowest BCUT2D eigenvalue weighted by atomic mass is 10.0. The molecule has 1 atom stereocenters. The molecule has 1 amide bonds. The maximum atomic E-state index is 12.6. The van der Waals surface area contributed by atoms with Gasteiger partial charge in [-0.3, -0.25) is 4.79 Å². The Kier molecular flexibility index (Phi) is 4.72. The third kappa shape index (κ3) is 3.70. The number of benzene rings is 2. The van der Waals surface area contributed by atoms with Crippen molar-refractivity contribution < 1.29 is 4.79 Å². The van der Waals surface area contributed by atoms with Crippen molar-refractivity contribution in [1.82, 2.24) is 24.4 Å². The first-order valence-corrected chi connectivity index (χ1v) is 12.5. The van der Waals surface area contributed by atoms with E-state index in [2.05, 4.69) is 74.0 Å². The van der Waals surface area contributed by atoms with Crippen molar-refractivity contribution in [3.8, 4) is 22.5 Å². The van der Waals surface area contributed by atoms with Crippen LogP contribution in [0, 0.1) is 11.8 Å². The monoisotopic (exact) mass is 461 g/mol. The molecule has 1 saturated heterocycles. The number of nitrogens with one attached hydrogen (secondary N) is 1. The molecule has 0 spiro atoms. The second-order valence-electron chi connectivity index (χ2n) is 9.96. The first-order chi connectivity index (χ1) is 17.2. The zero-order chi connectivity index (χ0) is 23.4. The minimum absolute atomic E-state index is 0.291. The summed E-state index contributed by atoms with van der Waals surface area (Å²) in [5.41, 5.74) is 6.44. The molecule has 1 saturated carbocycles. The maximum absolute atomic E-state index is 12.6. The molecule has 1 aliphatic carbocycles. The molecule has 0 radical (unpaired) electrons. The number of amides is 1. The highest BCUT2D eigenvalue weighted by molar-refractivity contribution is 5.85. The number of aromatic amines is 1. The molecule has 2 fully saturated rings. The number of hydrogen-bond acceptors (Lipinski definition) is 3. The summed E-state index contributed by atoms with van der Waals surface area (Å²) >= 11 is 0. The number of pyridine rings is 1. The molecule has 0 unspecified atom stereocenters. The van der Waals surface area contributed by atoms with Gasteiger partial charge in [-0.1, -0.05) is 30.3 Å². The van der Waals surface area contributed by atoms with Gasteiger partial charge in [0.05, 0.1) is 5.52 Å². The second kappa shape index (κ2) is 8.08. The Balaban J connectivity index is 1.19. The topological polar surface area (TPSA) is 66.8 Å². The van der Waals surface area contributed by atoms with Gasteiger partial charge < -0.3 is 14.5 Å². The summed E-state index contributed by atoms with van der Waals surface area (Å²) < 4.78 is 2.30. The highest BCUT2D eigenvalue weighted by atomic mass is 16.2. The van der Waals surface area contributed by atoms with E-state index in [0.717, 1.165) is 67.0 Å². The summed E-state index contributed by atoms with van der Waals surface area (Å²) in [6.07, 6.45) is 6.95. The Morgan fingerprint density at radius 1 is 0.971 bits per heavy atom. The van der Waals surface area contributed by atoms with E-state index in [1.54, 1.807) is 6.20 Å². The maximum Gasteiger partial charge on any atom is 0.225 e. The molecular formula is C29H27N5O. The number of hydrogen-bond donors (Lipinski definition) is 1. The molecule has 2 aromatic carbocycles. The standard InChI is InChI=1S/C29H27N5O/c35-29(22-7-8-22)33-15-12-19(17-33)18-34-26-2-1-13-31-27(26)32-28(34)21-5-3-20(4-6-21)23-9-10-25-24(16-23)11-14-30-25/h1-6,9-11,13-14,16,19,22,30H,7-8,12,15,17-18H2/t19-/m0/s1. The van der Waals surface area contributed by atoms with Gasteiger partial charge in [-0.15, -0.1) is 0 Å². The molecule has 7 rings (SSSR count). The smallest absolute Gasteiger partial charge is 0.225 e. The fourth-order valence-electron chi connectivity index (χ4n) is 5.44.